The average Bonchev–Trinajstić information content (AvgIpc) is 3.15. The van der Waals surface area contributed by atoms with E-state index in [1.54, 1.807) is 35.9 Å². The number of ether oxygens (including phenoxy) is 1. The number of aliphatic hydroxyl groups is 1. The van der Waals surface area contributed by atoms with Gasteiger partial charge in [-0.25, -0.2) is 4.79 Å². The topological polar surface area (TPSA) is 107 Å². The van der Waals surface area contributed by atoms with E-state index in [2.05, 4.69) is 10.3 Å². The third kappa shape index (κ3) is 4.18. The highest BCUT2D eigenvalue weighted by atomic mass is 35.5. The molecule has 1 atom stereocenters. The van der Waals surface area contributed by atoms with Gasteiger partial charge in [0.25, 0.3) is 5.56 Å². The Hall–Kier alpha value is -2.82. The van der Waals surface area contributed by atoms with Crippen LogP contribution in [-0.4, -0.2) is 62.7 Å². The van der Waals surface area contributed by atoms with E-state index in [-0.39, 0.29) is 18.7 Å². The molecule has 3 aromatic rings. The molecule has 0 saturated carbocycles. The lowest BCUT2D eigenvalue weighted by molar-refractivity contribution is 0.0936. The van der Waals surface area contributed by atoms with Gasteiger partial charge in [-0.05, 0) is 24.3 Å². The predicted octanol–water partition coefficient (Wildman–Crippen LogP) is -0.0634. The van der Waals surface area contributed by atoms with E-state index >= 15 is 0 Å². The van der Waals surface area contributed by atoms with Crippen molar-refractivity contribution in [1.29, 1.82) is 0 Å². The number of nitrogens with zero attached hydrogens (tertiary/aromatic N) is 5. The molecule has 0 aliphatic carbocycles. The number of nitrogens with one attached hydrogen (secondary N) is 1. The molecule has 2 N–H and O–H groups in total. The number of anilines is 1. The highest BCUT2D eigenvalue weighted by Gasteiger charge is 2.25. The minimum atomic E-state index is -0.906. The van der Waals surface area contributed by atoms with Crippen LogP contribution in [0.25, 0.3) is 11.2 Å². The first-order valence-corrected chi connectivity index (χ1v) is 10.4. The van der Waals surface area contributed by atoms with E-state index < -0.39 is 17.4 Å². The first-order chi connectivity index (χ1) is 14.9. The van der Waals surface area contributed by atoms with Crippen LogP contribution >= 0.6 is 11.6 Å². The molecule has 1 unspecified atom stereocenters. The zero-order chi connectivity index (χ0) is 22.1. The van der Waals surface area contributed by atoms with Crippen LogP contribution in [0, 0.1) is 0 Å². The van der Waals surface area contributed by atoms with Crippen molar-refractivity contribution >= 4 is 28.7 Å². The monoisotopic (exact) mass is 448 g/mol. The van der Waals surface area contributed by atoms with Crippen molar-refractivity contribution < 1.29 is 9.84 Å². The van der Waals surface area contributed by atoms with Crippen molar-refractivity contribution in [3.8, 4) is 5.75 Å². The lowest BCUT2D eigenvalue weighted by Crippen LogP contribution is -2.45. The summed E-state index contributed by atoms with van der Waals surface area (Å²) in [7, 11) is 3.02. The van der Waals surface area contributed by atoms with Crippen molar-refractivity contribution in [3.05, 3.63) is 50.1 Å². The largest absolute Gasteiger partial charge is 0.491 e. The molecule has 1 aliphatic rings. The SMILES string of the molecule is Cn1c(=O)c2c(nc(N3CCNCC3)n2CC(O)COc2ccc(Cl)cc2)n(C)c1=O. The number of fused-ring (bicyclic) bond motifs is 1. The van der Waals surface area contributed by atoms with Crippen LogP contribution in [0.1, 0.15) is 0 Å². The number of benzene rings is 1. The Morgan fingerprint density at radius 3 is 2.52 bits per heavy atom. The smallest absolute Gasteiger partial charge is 0.332 e. The van der Waals surface area contributed by atoms with E-state index in [1.807, 2.05) is 4.90 Å². The molecular weight excluding hydrogens is 424 g/mol. The van der Waals surface area contributed by atoms with Gasteiger partial charge in [0.2, 0.25) is 5.95 Å². The van der Waals surface area contributed by atoms with Gasteiger partial charge in [-0.2, -0.15) is 4.98 Å². The highest BCUT2D eigenvalue weighted by molar-refractivity contribution is 6.30. The molecule has 0 amide bonds. The molecule has 4 rings (SSSR count). The molecule has 0 radical (unpaired) electrons. The van der Waals surface area contributed by atoms with Crippen molar-refractivity contribution in [2.24, 2.45) is 14.1 Å². The third-order valence-corrected chi connectivity index (χ3v) is 5.63. The summed E-state index contributed by atoms with van der Waals surface area (Å²) in [5.74, 6) is 1.14. The Labute approximate surface area is 183 Å². The van der Waals surface area contributed by atoms with Gasteiger partial charge in [-0.3, -0.25) is 13.9 Å². The second-order valence-electron chi connectivity index (χ2n) is 7.56. The van der Waals surface area contributed by atoms with Crippen LogP contribution in [0.3, 0.4) is 0 Å². The molecule has 1 saturated heterocycles. The molecular formula is C20H25ClN6O4. The zero-order valence-electron chi connectivity index (χ0n) is 17.4. The van der Waals surface area contributed by atoms with E-state index in [0.29, 0.717) is 35.5 Å². The molecule has 10 nitrogen and oxygen atoms in total. The van der Waals surface area contributed by atoms with Crippen LogP contribution in [0.4, 0.5) is 5.95 Å². The summed E-state index contributed by atoms with van der Waals surface area (Å²) in [4.78, 5) is 32.0. The molecule has 3 heterocycles. The number of aromatic nitrogens is 4. The molecule has 166 valence electrons. The fourth-order valence-corrected chi connectivity index (χ4v) is 3.83. The molecule has 31 heavy (non-hydrogen) atoms. The van der Waals surface area contributed by atoms with Crippen LogP contribution < -0.4 is 26.2 Å². The molecule has 1 fully saturated rings. The van der Waals surface area contributed by atoms with Crippen LogP contribution in [0.15, 0.2) is 33.9 Å². The van der Waals surface area contributed by atoms with Crippen LogP contribution in [0.5, 0.6) is 5.75 Å². The van der Waals surface area contributed by atoms with E-state index in [4.69, 9.17) is 16.3 Å². The maximum absolute atomic E-state index is 12.9. The number of aryl methyl sites for hydroxylation is 1. The predicted molar refractivity (Wildman–Crippen MR) is 118 cm³/mol. The Morgan fingerprint density at radius 1 is 1.16 bits per heavy atom. The Kier molecular flexibility index (Phi) is 6.03. The summed E-state index contributed by atoms with van der Waals surface area (Å²) in [5, 5.41) is 14.6. The number of imidazole rings is 1. The third-order valence-electron chi connectivity index (χ3n) is 5.38. The Bertz CT molecular complexity index is 1190. The normalized spacial score (nSPS) is 15.4. The maximum atomic E-state index is 12.9. The summed E-state index contributed by atoms with van der Waals surface area (Å²) in [6.45, 7) is 3.08. The van der Waals surface area contributed by atoms with Gasteiger partial charge in [-0.15, -0.1) is 0 Å². The van der Waals surface area contributed by atoms with Gasteiger partial charge in [-0.1, -0.05) is 11.6 Å². The van der Waals surface area contributed by atoms with Crippen molar-refractivity contribution in [2.45, 2.75) is 12.6 Å². The van der Waals surface area contributed by atoms with Crippen molar-refractivity contribution in [2.75, 3.05) is 37.7 Å². The molecule has 0 bridgehead atoms. The van der Waals surface area contributed by atoms with Gasteiger partial charge in [0, 0.05) is 45.3 Å². The number of hydrogen-bond donors (Lipinski definition) is 2. The van der Waals surface area contributed by atoms with Gasteiger partial charge < -0.3 is 24.6 Å². The standard InChI is InChI=1S/C20H25ClN6O4/c1-24-17-16(18(29)25(2)20(24)30)27(19(23-17)26-9-7-22-8-10-26)11-14(28)12-31-15-5-3-13(21)4-6-15/h3-6,14,22,28H,7-12H2,1-2H3. The second kappa shape index (κ2) is 8.74. The number of piperazine rings is 1. The molecule has 2 aromatic heterocycles. The molecule has 0 spiro atoms. The summed E-state index contributed by atoms with van der Waals surface area (Å²) >= 11 is 5.89. The molecule has 1 aromatic carbocycles. The minimum absolute atomic E-state index is 0.0222. The second-order valence-corrected chi connectivity index (χ2v) is 7.99. The Balaban J connectivity index is 1.69. The first-order valence-electron chi connectivity index (χ1n) is 10.0. The number of rotatable bonds is 6. The van der Waals surface area contributed by atoms with Gasteiger partial charge >= 0.3 is 5.69 Å². The summed E-state index contributed by atoms with van der Waals surface area (Å²) in [5.41, 5.74) is -0.311. The quantitative estimate of drug-likeness (QED) is 0.544. The zero-order valence-corrected chi connectivity index (χ0v) is 18.2. The van der Waals surface area contributed by atoms with Crippen LogP contribution in [0.2, 0.25) is 5.02 Å². The fourth-order valence-electron chi connectivity index (χ4n) is 3.70. The van der Waals surface area contributed by atoms with Gasteiger partial charge in [0.05, 0.1) is 6.54 Å². The summed E-state index contributed by atoms with van der Waals surface area (Å²) in [6.07, 6.45) is -0.906. The van der Waals surface area contributed by atoms with E-state index in [9.17, 15) is 14.7 Å². The number of halogens is 1. The molecule has 1 aliphatic heterocycles. The van der Waals surface area contributed by atoms with Crippen molar-refractivity contribution in [1.82, 2.24) is 24.0 Å². The lowest BCUT2D eigenvalue weighted by Gasteiger charge is -2.29. The van der Waals surface area contributed by atoms with Crippen LogP contribution in [-0.2, 0) is 20.6 Å². The summed E-state index contributed by atoms with van der Waals surface area (Å²) < 4.78 is 9.76. The number of hydrogen-bond acceptors (Lipinski definition) is 7. The maximum Gasteiger partial charge on any atom is 0.332 e. The molecule has 11 heteroatoms. The van der Waals surface area contributed by atoms with Crippen molar-refractivity contribution in [3.63, 3.8) is 0 Å². The average molecular weight is 449 g/mol. The minimum Gasteiger partial charge on any atom is -0.491 e. The number of aliphatic hydroxyl groups excluding tert-OH is 1. The highest BCUT2D eigenvalue weighted by Crippen LogP contribution is 2.21. The van der Waals surface area contributed by atoms with E-state index in [1.165, 1.54) is 11.6 Å². The fraction of sp³-hybridized carbons (Fsp3) is 0.450. The van der Waals surface area contributed by atoms with E-state index in [0.717, 1.165) is 17.7 Å². The Morgan fingerprint density at radius 2 is 1.84 bits per heavy atom. The lowest BCUT2D eigenvalue weighted by atomic mass is 10.3. The van der Waals surface area contributed by atoms with Gasteiger partial charge in [0.1, 0.15) is 18.5 Å². The first kappa shape index (κ1) is 21.4. The van der Waals surface area contributed by atoms with Gasteiger partial charge in [0.15, 0.2) is 11.2 Å². The summed E-state index contributed by atoms with van der Waals surface area (Å²) in [6, 6.07) is 6.86.